The van der Waals surface area contributed by atoms with Crippen LogP contribution in [0.4, 0.5) is 5.82 Å². The lowest BCUT2D eigenvalue weighted by Crippen LogP contribution is -2.46. The van der Waals surface area contributed by atoms with Gasteiger partial charge >= 0.3 is 0 Å². The number of hydrogen-bond acceptors (Lipinski definition) is 5. The van der Waals surface area contributed by atoms with Crippen LogP contribution in [0.5, 0.6) is 0 Å². The van der Waals surface area contributed by atoms with Gasteiger partial charge in [-0.1, -0.05) is 0 Å². The summed E-state index contributed by atoms with van der Waals surface area (Å²) in [6, 6.07) is 5.65. The van der Waals surface area contributed by atoms with Gasteiger partial charge in [-0.15, -0.1) is 0 Å². The van der Waals surface area contributed by atoms with E-state index in [-0.39, 0.29) is 11.8 Å². The summed E-state index contributed by atoms with van der Waals surface area (Å²) >= 11 is 0. The summed E-state index contributed by atoms with van der Waals surface area (Å²) in [5.74, 6) is 1.20. The van der Waals surface area contributed by atoms with Gasteiger partial charge in [0.05, 0.1) is 24.8 Å². The third-order valence-corrected chi connectivity index (χ3v) is 4.37. The minimum Gasteiger partial charge on any atom is -0.378 e. The van der Waals surface area contributed by atoms with Gasteiger partial charge in [-0.2, -0.15) is 5.26 Å². The van der Waals surface area contributed by atoms with E-state index in [1.165, 1.54) is 0 Å². The first-order chi connectivity index (χ1) is 10.8. The number of piperidine rings is 1. The molecule has 0 atom stereocenters. The minimum absolute atomic E-state index is 0.105. The van der Waals surface area contributed by atoms with Crippen molar-refractivity contribution in [3.8, 4) is 6.07 Å². The molecule has 2 aliphatic heterocycles. The summed E-state index contributed by atoms with van der Waals surface area (Å²) in [5, 5.41) is 8.96. The van der Waals surface area contributed by atoms with E-state index in [1.54, 1.807) is 12.3 Å². The molecule has 1 aromatic rings. The van der Waals surface area contributed by atoms with Crippen LogP contribution in [0, 0.1) is 17.2 Å². The average Bonchev–Trinajstić information content (AvgIpc) is 2.62. The number of nitriles is 1. The van der Waals surface area contributed by atoms with E-state index in [9.17, 15) is 4.79 Å². The second-order valence-electron chi connectivity index (χ2n) is 5.71. The highest BCUT2D eigenvalue weighted by atomic mass is 16.5. The van der Waals surface area contributed by atoms with Crippen molar-refractivity contribution in [2.24, 2.45) is 5.92 Å². The number of ether oxygens (including phenoxy) is 1. The molecule has 0 aromatic carbocycles. The van der Waals surface area contributed by atoms with Crippen molar-refractivity contribution in [2.45, 2.75) is 12.8 Å². The third kappa shape index (κ3) is 3.20. The number of nitrogens with zero attached hydrogens (tertiary/aromatic N) is 4. The predicted molar refractivity (Wildman–Crippen MR) is 81.3 cm³/mol. The fourth-order valence-corrected chi connectivity index (χ4v) is 3.06. The summed E-state index contributed by atoms with van der Waals surface area (Å²) in [4.78, 5) is 20.9. The van der Waals surface area contributed by atoms with Gasteiger partial charge in [0, 0.05) is 38.3 Å². The van der Waals surface area contributed by atoms with Crippen molar-refractivity contribution >= 4 is 11.7 Å². The van der Waals surface area contributed by atoms with Crippen molar-refractivity contribution in [3.05, 3.63) is 23.9 Å². The van der Waals surface area contributed by atoms with Crippen molar-refractivity contribution in [1.82, 2.24) is 9.88 Å². The molecule has 1 aromatic heterocycles. The molecular weight excluding hydrogens is 280 g/mol. The van der Waals surface area contributed by atoms with Crippen LogP contribution in [-0.2, 0) is 9.53 Å². The molecule has 2 saturated heterocycles. The zero-order chi connectivity index (χ0) is 15.4. The van der Waals surface area contributed by atoms with Crippen molar-refractivity contribution in [2.75, 3.05) is 44.3 Å². The monoisotopic (exact) mass is 300 g/mol. The van der Waals surface area contributed by atoms with Crippen LogP contribution in [0.25, 0.3) is 0 Å². The molecule has 0 unspecified atom stereocenters. The van der Waals surface area contributed by atoms with Crippen LogP contribution in [0.2, 0.25) is 0 Å². The zero-order valence-corrected chi connectivity index (χ0v) is 12.6. The largest absolute Gasteiger partial charge is 0.378 e. The van der Waals surface area contributed by atoms with E-state index in [2.05, 4.69) is 16.0 Å². The average molecular weight is 300 g/mol. The van der Waals surface area contributed by atoms with Gasteiger partial charge in [-0.05, 0) is 25.0 Å². The number of anilines is 1. The second-order valence-corrected chi connectivity index (χ2v) is 5.71. The molecule has 6 heteroatoms. The fourth-order valence-electron chi connectivity index (χ4n) is 3.06. The summed E-state index contributed by atoms with van der Waals surface area (Å²) in [7, 11) is 0. The molecule has 0 N–H and O–H groups in total. The molecule has 116 valence electrons. The van der Waals surface area contributed by atoms with Gasteiger partial charge in [-0.3, -0.25) is 4.79 Å². The Hall–Kier alpha value is -2.13. The first kappa shape index (κ1) is 14.8. The molecule has 0 radical (unpaired) electrons. The molecule has 3 heterocycles. The van der Waals surface area contributed by atoms with Gasteiger partial charge in [0.2, 0.25) is 5.91 Å². The number of aromatic nitrogens is 1. The number of carbonyl (C=O) groups excluding carboxylic acids is 1. The predicted octanol–water partition coefficient (Wildman–Crippen LogP) is 1.03. The quantitative estimate of drug-likeness (QED) is 0.816. The highest BCUT2D eigenvalue weighted by Gasteiger charge is 2.29. The van der Waals surface area contributed by atoms with E-state index in [0.717, 1.165) is 31.7 Å². The number of rotatable bonds is 2. The number of morpholine rings is 1. The number of hydrogen-bond donors (Lipinski definition) is 0. The zero-order valence-electron chi connectivity index (χ0n) is 12.6. The molecule has 0 saturated carbocycles. The van der Waals surface area contributed by atoms with Crippen LogP contribution in [-0.4, -0.2) is 55.2 Å². The summed E-state index contributed by atoms with van der Waals surface area (Å²) < 4.78 is 5.30. The maximum absolute atomic E-state index is 12.5. The first-order valence-corrected chi connectivity index (χ1v) is 7.75. The molecule has 0 spiro atoms. The SMILES string of the molecule is N#Cc1ccnc(N2CCC(C(=O)N3CCOCC3)CC2)c1. The molecule has 22 heavy (non-hydrogen) atoms. The van der Waals surface area contributed by atoms with Crippen molar-refractivity contribution in [1.29, 1.82) is 5.26 Å². The molecule has 0 aliphatic carbocycles. The highest BCUT2D eigenvalue weighted by molar-refractivity contribution is 5.79. The Morgan fingerprint density at radius 3 is 2.68 bits per heavy atom. The normalized spacial score (nSPS) is 19.8. The maximum Gasteiger partial charge on any atom is 0.225 e. The second kappa shape index (κ2) is 6.75. The van der Waals surface area contributed by atoms with Gasteiger partial charge in [0.25, 0.3) is 0 Å². The highest BCUT2D eigenvalue weighted by Crippen LogP contribution is 2.24. The smallest absolute Gasteiger partial charge is 0.225 e. The minimum atomic E-state index is 0.105. The third-order valence-electron chi connectivity index (χ3n) is 4.37. The number of pyridine rings is 1. The lowest BCUT2D eigenvalue weighted by Gasteiger charge is -2.36. The van der Waals surface area contributed by atoms with Crippen LogP contribution < -0.4 is 4.90 Å². The van der Waals surface area contributed by atoms with E-state index < -0.39 is 0 Å². The fraction of sp³-hybridized carbons (Fsp3) is 0.562. The van der Waals surface area contributed by atoms with Crippen molar-refractivity contribution in [3.63, 3.8) is 0 Å². The Bertz CT molecular complexity index is 570. The van der Waals surface area contributed by atoms with Crippen LogP contribution in [0.1, 0.15) is 18.4 Å². The number of carbonyl (C=O) groups is 1. The van der Waals surface area contributed by atoms with E-state index in [0.29, 0.717) is 31.9 Å². The molecule has 3 rings (SSSR count). The van der Waals surface area contributed by atoms with Crippen LogP contribution in [0.3, 0.4) is 0 Å². The van der Waals surface area contributed by atoms with E-state index >= 15 is 0 Å². The lowest BCUT2D eigenvalue weighted by molar-refractivity contribution is -0.140. The van der Waals surface area contributed by atoms with Crippen LogP contribution >= 0.6 is 0 Å². The Morgan fingerprint density at radius 2 is 2.00 bits per heavy atom. The molecule has 2 fully saturated rings. The van der Waals surface area contributed by atoms with Gasteiger partial charge < -0.3 is 14.5 Å². The Morgan fingerprint density at radius 1 is 1.27 bits per heavy atom. The van der Waals surface area contributed by atoms with Crippen LogP contribution in [0.15, 0.2) is 18.3 Å². The Labute approximate surface area is 130 Å². The van der Waals surface area contributed by atoms with Gasteiger partial charge in [-0.25, -0.2) is 4.98 Å². The summed E-state index contributed by atoms with van der Waals surface area (Å²) in [6.45, 7) is 4.34. The van der Waals surface area contributed by atoms with E-state index in [1.807, 2.05) is 11.0 Å². The maximum atomic E-state index is 12.5. The molecule has 1 amide bonds. The standard InChI is InChI=1S/C16H20N4O2/c17-12-13-1-4-18-15(11-13)19-5-2-14(3-6-19)16(21)20-7-9-22-10-8-20/h1,4,11,14H,2-3,5-10H2. The summed E-state index contributed by atoms with van der Waals surface area (Å²) in [5.41, 5.74) is 0.622. The van der Waals surface area contributed by atoms with Gasteiger partial charge in [0.15, 0.2) is 0 Å². The topological polar surface area (TPSA) is 69.5 Å². The Balaban J connectivity index is 1.57. The summed E-state index contributed by atoms with van der Waals surface area (Å²) in [6.07, 6.45) is 3.35. The van der Waals surface area contributed by atoms with E-state index in [4.69, 9.17) is 10.00 Å². The lowest BCUT2D eigenvalue weighted by atomic mass is 9.95. The first-order valence-electron chi connectivity index (χ1n) is 7.75. The Kier molecular flexibility index (Phi) is 4.54. The molecular formula is C16H20N4O2. The molecule has 2 aliphatic rings. The number of amides is 1. The molecule has 0 bridgehead atoms. The van der Waals surface area contributed by atoms with Crippen molar-refractivity contribution < 1.29 is 9.53 Å². The van der Waals surface area contributed by atoms with Gasteiger partial charge in [0.1, 0.15) is 5.82 Å². The molecule has 6 nitrogen and oxygen atoms in total.